The first kappa shape index (κ1) is 30.9. The molecule has 90 valence electrons. The molecule has 0 fully saturated rings. The molecule has 0 rings (SSSR count). The van der Waals surface area contributed by atoms with Crippen LogP contribution >= 0.6 is 15.2 Å². The minimum absolute atomic E-state index is 0. The average Bonchev–Trinajstić information content (AvgIpc) is 1.77. The maximum atomic E-state index is 10.5. The van der Waals surface area contributed by atoms with Gasteiger partial charge >= 0.3 is 66.7 Å². The molecule has 6 N–H and O–H groups in total. The molecule has 0 aromatic heterocycles. The summed E-state index contributed by atoms with van der Waals surface area (Å²) in [6.07, 6.45) is -0.0567. The topological polar surface area (TPSA) is 184 Å². The maximum absolute atomic E-state index is 10.5. The molecule has 16 heavy (non-hydrogen) atoms. The van der Waals surface area contributed by atoms with Crippen LogP contribution in [-0.2, 0) is 9.13 Å². The average molecular weight is 298 g/mol. The fraction of sp³-hybridized carbons (Fsp3) is 1.00. The molecule has 0 aromatic carbocycles. The van der Waals surface area contributed by atoms with E-state index in [1.54, 1.807) is 6.92 Å². The second kappa shape index (κ2) is 12.3. The van der Waals surface area contributed by atoms with E-state index in [4.69, 9.17) is 9.79 Å². The van der Waals surface area contributed by atoms with Gasteiger partial charge < -0.3 is 35.1 Å². The van der Waals surface area contributed by atoms with Crippen LogP contribution in [0, 0.1) is 0 Å². The molecule has 0 spiro atoms. The Morgan fingerprint density at radius 3 is 1.50 bits per heavy atom. The second-order valence-electron chi connectivity index (χ2n) is 2.40. The summed E-state index contributed by atoms with van der Waals surface area (Å²) in [4.78, 5) is 37.7. The zero-order chi connectivity index (χ0) is 9.99. The number of hydrogen-bond donors (Lipinski definition) is 2. The van der Waals surface area contributed by atoms with Gasteiger partial charge in [0.15, 0.2) is 0 Å². The summed E-state index contributed by atoms with van der Waals surface area (Å²) >= 11 is 0. The normalized spacial score (nSPS) is 12.1. The Bertz CT molecular complexity index is 214. The van der Waals surface area contributed by atoms with Crippen molar-refractivity contribution in [3.8, 4) is 0 Å². The molecule has 0 bridgehead atoms. The molecule has 0 heterocycles. The number of hydrogen-bond acceptors (Lipinski definition) is 4. The fourth-order valence-corrected chi connectivity index (χ4v) is 3.41. The van der Waals surface area contributed by atoms with Crippen LogP contribution in [0.3, 0.4) is 0 Å². The van der Waals surface area contributed by atoms with Crippen LogP contribution in [0.2, 0.25) is 0 Å². The van der Waals surface area contributed by atoms with Crippen molar-refractivity contribution in [1.82, 2.24) is 0 Å². The molecule has 0 saturated heterocycles. The summed E-state index contributed by atoms with van der Waals surface area (Å²) in [5.41, 5.74) is 0. The van der Waals surface area contributed by atoms with Crippen molar-refractivity contribution in [2.45, 2.75) is 25.2 Å². The Morgan fingerprint density at radius 1 is 1.12 bits per heavy atom. The van der Waals surface area contributed by atoms with Crippen molar-refractivity contribution < 1.29 is 98.8 Å². The Balaban J connectivity index is -0.000000101. The van der Waals surface area contributed by atoms with E-state index in [0.29, 0.717) is 0 Å². The quantitative estimate of drug-likeness (QED) is 0.383. The third kappa shape index (κ3) is 12.7. The van der Waals surface area contributed by atoms with Crippen molar-refractivity contribution in [3.05, 3.63) is 0 Å². The Labute approximate surface area is 138 Å². The van der Waals surface area contributed by atoms with E-state index in [1.807, 2.05) is 0 Å². The van der Waals surface area contributed by atoms with E-state index in [0.717, 1.165) is 0 Å². The van der Waals surface area contributed by atoms with Crippen LogP contribution in [-0.4, -0.2) is 26.1 Å². The smallest absolute Gasteiger partial charge is 0.810 e. The van der Waals surface area contributed by atoms with Gasteiger partial charge in [0, 0.05) is 0 Å². The Morgan fingerprint density at radius 2 is 1.44 bits per heavy atom. The van der Waals surface area contributed by atoms with Gasteiger partial charge in [0.1, 0.15) is 0 Å². The zero-order valence-electron chi connectivity index (χ0n) is 9.41. The summed E-state index contributed by atoms with van der Waals surface area (Å²) in [6.45, 7) is 1.54. The van der Waals surface area contributed by atoms with Gasteiger partial charge in [-0.15, -0.1) is 0 Å². The third-order valence-corrected chi connectivity index (χ3v) is 5.07. The summed E-state index contributed by atoms with van der Waals surface area (Å²) < 4.78 is 20.8. The van der Waals surface area contributed by atoms with E-state index in [1.165, 1.54) is 0 Å². The molecule has 1 unspecified atom stereocenters. The molecular formula is C4H14Na2O8P2. The van der Waals surface area contributed by atoms with Gasteiger partial charge in [0.05, 0.1) is 5.40 Å². The van der Waals surface area contributed by atoms with E-state index < -0.39 is 20.6 Å². The van der Waals surface area contributed by atoms with E-state index in [2.05, 4.69) is 0 Å². The predicted molar refractivity (Wildman–Crippen MR) is 45.6 cm³/mol. The molecule has 8 nitrogen and oxygen atoms in total. The molecule has 0 radical (unpaired) electrons. The summed E-state index contributed by atoms with van der Waals surface area (Å²) in [5, 5.41) is -2.06. The molecule has 0 aliphatic rings. The summed E-state index contributed by atoms with van der Waals surface area (Å²) in [6, 6.07) is 0. The molecular weight excluding hydrogens is 284 g/mol. The minimum atomic E-state index is -5.18. The van der Waals surface area contributed by atoms with Gasteiger partial charge in [-0.3, -0.25) is 4.57 Å². The molecule has 0 amide bonds. The van der Waals surface area contributed by atoms with Crippen LogP contribution in [0.25, 0.3) is 0 Å². The predicted octanol–water partition coefficient (Wildman–Crippen LogP) is -8.44. The minimum Gasteiger partial charge on any atom is -0.810 e. The molecule has 0 aliphatic carbocycles. The number of rotatable bonds is 4. The zero-order valence-corrected chi connectivity index (χ0v) is 15.2. The van der Waals surface area contributed by atoms with Crippen LogP contribution in [0.5, 0.6) is 0 Å². The first-order valence-corrected chi connectivity index (χ1v) is 6.56. The maximum Gasteiger partial charge on any atom is 1.00 e. The van der Waals surface area contributed by atoms with Crippen LogP contribution < -0.4 is 68.9 Å². The monoisotopic (exact) mass is 298 g/mol. The molecule has 1 atom stereocenters. The van der Waals surface area contributed by atoms with E-state index in [9.17, 15) is 18.9 Å². The molecule has 12 heteroatoms. The first-order chi connectivity index (χ1) is 5.19. The van der Waals surface area contributed by atoms with Gasteiger partial charge in [-0.05, 0) is 6.42 Å². The Hall–Kier alpha value is 2.22. The van der Waals surface area contributed by atoms with Crippen LogP contribution in [0.15, 0.2) is 0 Å². The van der Waals surface area contributed by atoms with Crippen LogP contribution in [0.1, 0.15) is 19.8 Å². The standard InChI is InChI=1S/C4H12O6P2.2Na.2H2O/c1-2-3-4(11(5,6)7)12(8,9)10;;;;/h4H,2-3H2,1H3,(H2,5,6,7)(H2,8,9,10);;;2*1H2/q;2*+1;;/p-2. The van der Waals surface area contributed by atoms with Crippen molar-refractivity contribution >= 4 is 15.2 Å². The van der Waals surface area contributed by atoms with E-state index >= 15 is 0 Å². The third-order valence-electron chi connectivity index (χ3n) is 1.30. The molecule has 0 aliphatic heterocycles. The van der Waals surface area contributed by atoms with Crippen molar-refractivity contribution in [2.24, 2.45) is 0 Å². The second-order valence-corrected chi connectivity index (χ2v) is 6.31. The molecule has 0 aromatic rings. The van der Waals surface area contributed by atoms with Crippen molar-refractivity contribution in [3.63, 3.8) is 0 Å². The Kier molecular flexibility index (Phi) is 23.7. The van der Waals surface area contributed by atoms with Crippen LogP contribution in [0.4, 0.5) is 0 Å². The van der Waals surface area contributed by atoms with Gasteiger partial charge in [-0.25, -0.2) is 0 Å². The van der Waals surface area contributed by atoms with Crippen molar-refractivity contribution in [1.29, 1.82) is 0 Å². The van der Waals surface area contributed by atoms with Gasteiger partial charge in [-0.2, -0.15) is 0 Å². The first-order valence-electron chi connectivity index (χ1n) is 3.26. The van der Waals surface area contributed by atoms with Gasteiger partial charge in [-0.1, -0.05) is 20.9 Å². The SMILES string of the molecule is CCCC(P(=O)([O-])[O-])P(=O)(O)O.O.O.[Na+].[Na+]. The molecule has 0 saturated carbocycles. The van der Waals surface area contributed by atoms with Gasteiger partial charge in [0.25, 0.3) is 0 Å². The van der Waals surface area contributed by atoms with E-state index in [-0.39, 0.29) is 82.9 Å². The fourth-order valence-electron chi connectivity index (χ4n) is 0.769. The van der Waals surface area contributed by atoms with Gasteiger partial charge in [0.2, 0.25) is 0 Å². The van der Waals surface area contributed by atoms with Crippen molar-refractivity contribution in [2.75, 3.05) is 0 Å². The largest absolute Gasteiger partial charge is 1.00 e. The summed E-state index contributed by atoms with van der Waals surface area (Å²) in [5.74, 6) is 0. The summed E-state index contributed by atoms with van der Waals surface area (Å²) in [7, 11) is -9.98.